The van der Waals surface area contributed by atoms with Crippen molar-refractivity contribution in [2.24, 2.45) is 0 Å². The van der Waals surface area contributed by atoms with Crippen molar-refractivity contribution in [1.82, 2.24) is 19.9 Å². The highest BCUT2D eigenvalue weighted by Crippen LogP contribution is 2.31. The Balaban J connectivity index is 0.000000200. The Labute approximate surface area is 234 Å². The Morgan fingerprint density at radius 3 is 1.55 bits per heavy atom. The monoisotopic (exact) mass is 540 g/mol. The summed E-state index contributed by atoms with van der Waals surface area (Å²) in [4.78, 5) is 17.3. The second kappa shape index (κ2) is 12.6. The normalized spacial score (nSPS) is 10.2. The zero-order valence-corrected chi connectivity index (χ0v) is 21.3. The number of halogens is 2. The smallest absolute Gasteiger partial charge is 0.224 e. The third kappa shape index (κ3) is 5.99. The van der Waals surface area contributed by atoms with E-state index in [0.717, 1.165) is 44.5 Å². The van der Waals surface area contributed by atoms with Crippen molar-refractivity contribution in [3.63, 3.8) is 0 Å². The summed E-state index contributed by atoms with van der Waals surface area (Å²) < 4.78 is 0. The largest absolute Gasteiger partial charge is 0.238 e. The Kier molecular flexibility index (Phi) is 9.51. The summed E-state index contributed by atoms with van der Waals surface area (Å²) in [6, 6.07) is 32.4. The predicted molar refractivity (Wildman–Crippen MR) is 163 cm³/mol. The van der Waals surface area contributed by atoms with Crippen molar-refractivity contribution in [2.75, 3.05) is 0 Å². The van der Waals surface area contributed by atoms with Crippen LogP contribution in [0.2, 0.25) is 10.4 Å². The van der Waals surface area contributed by atoms with Crippen molar-refractivity contribution in [1.29, 1.82) is 0 Å². The van der Waals surface area contributed by atoms with Gasteiger partial charge in [0, 0.05) is 27.6 Å². The SMILES string of the molecule is C.C.Cc1nc(C)c2cccc(-c3ccccc3)c2n1.Clc1nc(Cl)c2cccc(-c3ccccc3)c2n1. The molecule has 4 nitrogen and oxygen atoms in total. The van der Waals surface area contributed by atoms with Crippen molar-refractivity contribution in [2.45, 2.75) is 28.7 Å². The molecule has 0 radical (unpaired) electrons. The zero-order valence-electron chi connectivity index (χ0n) is 19.8. The van der Waals surface area contributed by atoms with Crippen LogP contribution in [0.5, 0.6) is 0 Å². The number of benzene rings is 4. The summed E-state index contributed by atoms with van der Waals surface area (Å²) in [5.74, 6) is 0.823. The van der Waals surface area contributed by atoms with Crippen LogP contribution < -0.4 is 0 Å². The second-order valence-corrected chi connectivity index (χ2v) is 8.97. The maximum Gasteiger partial charge on any atom is 0.224 e. The number of para-hydroxylation sites is 2. The molecule has 2 aromatic heterocycles. The van der Waals surface area contributed by atoms with E-state index < -0.39 is 0 Å². The third-order valence-corrected chi connectivity index (χ3v) is 6.31. The molecule has 0 aliphatic heterocycles. The minimum Gasteiger partial charge on any atom is -0.238 e. The Morgan fingerprint density at radius 1 is 0.500 bits per heavy atom. The van der Waals surface area contributed by atoms with Gasteiger partial charge in [0.2, 0.25) is 5.28 Å². The molecule has 0 bridgehead atoms. The van der Waals surface area contributed by atoms with Crippen molar-refractivity contribution >= 4 is 45.0 Å². The lowest BCUT2D eigenvalue weighted by Crippen LogP contribution is -1.94. The number of fused-ring (bicyclic) bond motifs is 2. The zero-order chi connectivity index (χ0) is 25.1. The van der Waals surface area contributed by atoms with Crippen molar-refractivity contribution in [3.05, 3.63) is 119 Å². The fourth-order valence-electron chi connectivity index (χ4n) is 4.24. The van der Waals surface area contributed by atoms with E-state index in [1.54, 1.807) is 0 Å². The fourth-order valence-corrected chi connectivity index (χ4v) is 4.68. The highest BCUT2D eigenvalue weighted by molar-refractivity contribution is 6.36. The van der Waals surface area contributed by atoms with E-state index in [0.29, 0.717) is 5.15 Å². The molecule has 2 heterocycles. The predicted octanol–water partition coefficient (Wildman–Crippen LogP) is 9.79. The minimum atomic E-state index is 0. The van der Waals surface area contributed by atoms with E-state index in [-0.39, 0.29) is 20.1 Å². The molecule has 0 N–H and O–H groups in total. The van der Waals surface area contributed by atoms with Gasteiger partial charge in [-0.25, -0.2) is 19.9 Å². The highest BCUT2D eigenvalue weighted by Gasteiger charge is 2.10. The average molecular weight is 542 g/mol. The van der Waals surface area contributed by atoms with Gasteiger partial charge in [-0.1, -0.05) is 117 Å². The Morgan fingerprint density at radius 2 is 1.00 bits per heavy atom. The van der Waals surface area contributed by atoms with Crippen LogP contribution in [0.15, 0.2) is 97.1 Å². The van der Waals surface area contributed by atoms with E-state index in [2.05, 4.69) is 62.4 Å². The van der Waals surface area contributed by atoms with Gasteiger partial charge in [0.15, 0.2) is 0 Å². The molecule has 0 saturated carbocycles. The molecular weight excluding hydrogens is 511 g/mol. The van der Waals surface area contributed by atoms with Gasteiger partial charge in [0.25, 0.3) is 0 Å². The molecule has 0 fully saturated rings. The standard InChI is InChI=1S/C16H14N2.C14H8Cl2N2.2CH4/c1-11-14-9-6-10-15(13-7-4-3-5-8-13)16(14)18-12(2)17-11;15-13-11-8-4-7-10(9-5-2-1-3-6-9)12(11)17-14(16)18-13;;/h3-10H,1-2H3;1-8H;2*1H4. The summed E-state index contributed by atoms with van der Waals surface area (Å²) in [5.41, 5.74) is 7.29. The summed E-state index contributed by atoms with van der Waals surface area (Å²) in [5, 5.41) is 2.48. The number of aromatic nitrogens is 4. The van der Waals surface area contributed by atoms with E-state index in [1.165, 1.54) is 11.1 Å². The van der Waals surface area contributed by atoms with Crippen LogP contribution in [-0.2, 0) is 0 Å². The highest BCUT2D eigenvalue weighted by atomic mass is 35.5. The van der Waals surface area contributed by atoms with E-state index in [9.17, 15) is 0 Å². The molecule has 0 atom stereocenters. The Bertz CT molecular complexity index is 1540. The van der Waals surface area contributed by atoms with Crippen LogP contribution in [-0.4, -0.2) is 19.9 Å². The van der Waals surface area contributed by atoms with Crippen LogP contribution >= 0.6 is 23.2 Å². The number of hydrogen-bond acceptors (Lipinski definition) is 4. The first-order valence-corrected chi connectivity index (χ1v) is 12.2. The number of nitrogens with zero attached hydrogens (tertiary/aromatic N) is 4. The number of rotatable bonds is 2. The van der Waals surface area contributed by atoms with Gasteiger partial charge in [0.1, 0.15) is 11.0 Å². The average Bonchev–Trinajstić information content (AvgIpc) is 2.89. The number of aryl methyl sites for hydroxylation is 2. The van der Waals surface area contributed by atoms with E-state index in [4.69, 9.17) is 23.2 Å². The van der Waals surface area contributed by atoms with Gasteiger partial charge < -0.3 is 0 Å². The lowest BCUT2D eigenvalue weighted by molar-refractivity contribution is 1.05. The van der Waals surface area contributed by atoms with Gasteiger partial charge in [-0.05, 0) is 42.6 Å². The summed E-state index contributed by atoms with van der Waals surface area (Å²) in [6.45, 7) is 3.97. The molecule has 6 heteroatoms. The summed E-state index contributed by atoms with van der Waals surface area (Å²) in [6.07, 6.45) is 0. The van der Waals surface area contributed by atoms with E-state index >= 15 is 0 Å². The van der Waals surface area contributed by atoms with Gasteiger partial charge in [-0.15, -0.1) is 0 Å². The maximum absolute atomic E-state index is 6.09. The molecule has 0 amide bonds. The molecule has 0 unspecified atom stereocenters. The van der Waals surface area contributed by atoms with Crippen LogP contribution in [0.25, 0.3) is 44.1 Å². The molecular formula is C32H30Cl2N4. The molecule has 38 heavy (non-hydrogen) atoms. The number of hydrogen-bond donors (Lipinski definition) is 0. The van der Waals surface area contributed by atoms with Crippen LogP contribution in [0.1, 0.15) is 26.4 Å². The molecule has 0 spiro atoms. The quantitative estimate of drug-likeness (QED) is 0.162. The van der Waals surface area contributed by atoms with Gasteiger partial charge >= 0.3 is 0 Å². The molecule has 6 aromatic rings. The lowest BCUT2D eigenvalue weighted by atomic mass is 10.0. The van der Waals surface area contributed by atoms with Crippen LogP contribution in [0.4, 0.5) is 0 Å². The fraction of sp³-hybridized carbons (Fsp3) is 0.125. The first kappa shape index (κ1) is 28.7. The molecule has 0 saturated heterocycles. The van der Waals surface area contributed by atoms with Crippen LogP contribution in [0.3, 0.4) is 0 Å². The van der Waals surface area contributed by atoms with E-state index in [1.807, 2.05) is 68.4 Å². The molecule has 6 rings (SSSR count). The van der Waals surface area contributed by atoms with Crippen LogP contribution in [0, 0.1) is 13.8 Å². The minimum absolute atomic E-state index is 0. The van der Waals surface area contributed by atoms with Gasteiger partial charge in [0.05, 0.1) is 11.0 Å². The maximum atomic E-state index is 6.09. The van der Waals surface area contributed by atoms with Crippen molar-refractivity contribution in [3.8, 4) is 22.3 Å². The third-order valence-electron chi connectivity index (χ3n) is 5.85. The molecule has 192 valence electrons. The van der Waals surface area contributed by atoms with Crippen molar-refractivity contribution < 1.29 is 0 Å². The molecule has 4 aromatic carbocycles. The topological polar surface area (TPSA) is 51.6 Å². The summed E-state index contributed by atoms with van der Waals surface area (Å²) >= 11 is 12.0. The molecule has 0 aliphatic carbocycles. The molecule has 0 aliphatic rings. The summed E-state index contributed by atoms with van der Waals surface area (Å²) in [7, 11) is 0. The first-order valence-electron chi connectivity index (χ1n) is 11.5. The van der Waals surface area contributed by atoms with Gasteiger partial charge in [-0.2, -0.15) is 0 Å². The Hall–Kier alpha value is -3.86. The van der Waals surface area contributed by atoms with Gasteiger partial charge in [-0.3, -0.25) is 0 Å². The first-order chi connectivity index (χ1) is 17.5. The lowest BCUT2D eigenvalue weighted by Gasteiger charge is -2.08. The second-order valence-electron chi connectivity index (χ2n) is 8.28.